The lowest BCUT2D eigenvalue weighted by atomic mass is 10.0. The van der Waals surface area contributed by atoms with E-state index in [0.717, 1.165) is 34.4 Å². The molecular formula is C23H33ClNO4P. The Kier molecular flexibility index (Phi) is 10.4. The van der Waals surface area contributed by atoms with Crippen LogP contribution in [0.1, 0.15) is 50.2 Å². The second kappa shape index (κ2) is 12.5. The van der Waals surface area contributed by atoms with Crippen LogP contribution in [0.4, 0.5) is 0 Å². The molecule has 5 nitrogen and oxygen atoms in total. The van der Waals surface area contributed by atoms with E-state index in [4.69, 9.17) is 26.1 Å². The molecule has 2 aromatic carbocycles. The van der Waals surface area contributed by atoms with E-state index < -0.39 is 7.60 Å². The van der Waals surface area contributed by atoms with Crippen molar-refractivity contribution < 1.29 is 19.1 Å². The van der Waals surface area contributed by atoms with E-state index >= 15 is 0 Å². The smallest absolute Gasteiger partial charge is 0.325 e. The number of hydrogen-bond acceptors (Lipinski definition) is 3. The summed E-state index contributed by atoms with van der Waals surface area (Å²) < 4.78 is 16.8. The maximum atomic E-state index is 10.8. The number of unbranched alkanes of at least 4 members (excludes halogenated alkanes) is 3. The average molecular weight is 454 g/mol. The molecular weight excluding hydrogens is 421 g/mol. The number of rotatable bonds is 13. The van der Waals surface area contributed by atoms with Crippen molar-refractivity contribution in [3.63, 3.8) is 0 Å². The van der Waals surface area contributed by atoms with Crippen LogP contribution in [0.2, 0.25) is 5.02 Å². The Bertz CT molecular complexity index is 813. The summed E-state index contributed by atoms with van der Waals surface area (Å²) in [6.45, 7) is 6.13. The molecule has 3 N–H and O–H groups in total. The zero-order chi connectivity index (χ0) is 22.0. The fourth-order valence-corrected chi connectivity index (χ4v) is 4.13. The Hall–Kier alpha value is -1.36. The Morgan fingerprint density at radius 1 is 1.03 bits per heavy atom. The minimum Gasteiger partial charge on any atom is -0.492 e. The molecule has 0 heterocycles. The van der Waals surface area contributed by atoms with E-state index in [9.17, 15) is 4.57 Å². The van der Waals surface area contributed by atoms with Gasteiger partial charge in [0, 0.05) is 6.54 Å². The van der Waals surface area contributed by atoms with Gasteiger partial charge < -0.3 is 19.8 Å². The average Bonchev–Trinajstić information content (AvgIpc) is 2.69. The van der Waals surface area contributed by atoms with Crippen molar-refractivity contribution in [3.05, 3.63) is 52.5 Å². The molecule has 2 aromatic rings. The first-order valence-electron chi connectivity index (χ1n) is 10.6. The number of nitrogens with one attached hydrogen (secondary N) is 1. The summed E-state index contributed by atoms with van der Waals surface area (Å²) in [6.07, 6.45) is 5.02. The van der Waals surface area contributed by atoms with Crippen molar-refractivity contribution in [2.24, 2.45) is 0 Å². The van der Waals surface area contributed by atoms with Gasteiger partial charge in [-0.3, -0.25) is 4.57 Å². The largest absolute Gasteiger partial charge is 0.492 e. The minimum absolute atomic E-state index is 0.0858. The SMILES string of the molecule is CCCCCCOc1c(C)cc(-c2ccc(CNCCCP(=O)(O)O)cc2)cc1Cl. The van der Waals surface area contributed by atoms with Gasteiger partial charge in [0.25, 0.3) is 0 Å². The number of ether oxygens (including phenoxy) is 1. The molecule has 0 saturated heterocycles. The highest BCUT2D eigenvalue weighted by molar-refractivity contribution is 7.51. The quantitative estimate of drug-likeness (QED) is 0.258. The van der Waals surface area contributed by atoms with Gasteiger partial charge in [-0.1, -0.05) is 62.1 Å². The van der Waals surface area contributed by atoms with Crippen molar-refractivity contribution in [2.75, 3.05) is 19.3 Å². The van der Waals surface area contributed by atoms with Gasteiger partial charge in [-0.15, -0.1) is 0 Å². The van der Waals surface area contributed by atoms with Gasteiger partial charge in [0.05, 0.1) is 17.8 Å². The molecule has 0 aromatic heterocycles. The fourth-order valence-electron chi connectivity index (χ4n) is 3.24. The third-order valence-electron chi connectivity index (χ3n) is 4.89. The molecule has 0 aliphatic carbocycles. The van der Waals surface area contributed by atoms with E-state index in [1.54, 1.807) is 0 Å². The normalized spacial score (nSPS) is 11.6. The van der Waals surface area contributed by atoms with E-state index in [2.05, 4.69) is 30.4 Å². The van der Waals surface area contributed by atoms with Crippen LogP contribution in [0.15, 0.2) is 36.4 Å². The highest BCUT2D eigenvalue weighted by Gasteiger charge is 2.11. The first-order chi connectivity index (χ1) is 14.3. The van der Waals surface area contributed by atoms with Crippen LogP contribution in [0, 0.1) is 6.92 Å². The summed E-state index contributed by atoms with van der Waals surface area (Å²) in [4.78, 5) is 17.7. The van der Waals surface area contributed by atoms with Gasteiger partial charge in [0.1, 0.15) is 5.75 Å². The summed E-state index contributed by atoms with van der Waals surface area (Å²) >= 11 is 6.50. The predicted octanol–water partition coefficient (Wildman–Crippen LogP) is 5.93. The maximum absolute atomic E-state index is 10.8. The molecule has 0 atom stereocenters. The van der Waals surface area contributed by atoms with Crippen LogP contribution in [0.3, 0.4) is 0 Å². The first kappa shape index (κ1) is 24.9. The lowest BCUT2D eigenvalue weighted by molar-refractivity contribution is 0.303. The molecule has 0 unspecified atom stereocenters. The van der Waals surface area contributed by atoms with E-state index in [1.807, 2.05) is 25.1 Å². The molecule has 2 rings (SSSR count). The molecule has 0 aliphatic heterocycles. The zero-order valence-electron chi connectivity index (χ0n) is 17.9. The number of benzene rings is 2. The van der Waals surface area contributed by atoms with Crippen molar-refractivity contribution in [1.82, 2.24) is 5.32 Å². The fraction of sp³-hybridized carbons (Fsp3) is 0.478. The van der Waals surface area contributed by atoms with Crippen LogP contribution >= 0.6 is 19.2 Å². The number of hydrogen-bond donors (Lipinski definition) is 3. The summed E-state index contributed by atoms with van der Waals surface area (Å²) in [5.74, 6) is 0.771. The van der Waals surface area contributed by atoms with Gasteiger partial charge in [-0.25, -0.2) is 0 Å². The van der Waals surface area contributed by atoms with E-state index in [-0.39, 0.29) is 6.16 Å². The lowest BCUT2D eigenvalue weighted by Gasteiger charge is -2.13. The molecule has 0 amide bonds. The molecule has 0 fully saturated rings. The molecule has 0 radical (unpaired) electrons. The minimum atomic E-state index is -3.90. The molecule has 0 saturated carbocycles. The number of aryl methyl sites for hydroxylation is 1. The van der Waals surface area contributed by atoms with Crippen LogP contribution in [0.25, 0.3) is 11.1 Å². The highest BCUT2D eigenvalue weighted by atomic mass is 35.5. The summed E-state index contributed by atoms with van der Waals surface area (Å²) in [5.41, 5.74) is 4.28. The Balaban J connectivity index is 1.90. The van der Waals surface area contributed by atoms with Crippen molar-refractivity contribution in [3.8, 4) is 16.9 Å². The highest BCUT2D eigenvalue weighted by Crippen LogP contribution is 2.35. The predicted molar refractivity (Wildman–Crippen MR) is 124 cm³/mol. The number of halogens is 1. The summed E-state index contributed by atoms with van der Waals surface area (Å²) in [7, 11) is -3.90. The van der Waals surface area contributed by atoms with Crippen molar-refractivity contribution in [2.45, 2.75) is 52.5 Å². The Labute approximate surface area is 185 Å². The zero-order valence-corrected chi connectivity index (χ0v) is 19.5. The Morgan fingerprint density at radius 2 is 1.77 bits per heavy atom. The molecule has 166 valence electrons. The summed E-state index contributed by atoms with van der Waals surface area (Å²) in [6, 6.07) is 12.3. The lowest BCUT2D eigenvalue weighted by Crippen LogP contribution is -2.15. The van der Waals surface area contributed by atoms with Crippen molar-refractivity contribution >= 4 is 19.2 Å². The van der Waals surface area contributed by atoms with Gasteiger partial charge in [0.2, 0.25) is 0 Å². The van der Waals surface area contributed by atoms with Crippen LogP contribution in [-0.4, -0.2) is 29.1 Å². The topological polar surface area (TPSA) is 78.8 Å². The molecule has 0 aliphatic rings. The Morgan fingerprint density at radius 3 is 2.40 bits per heavy atom. The monoisotopic (exact) mass is 453 g/mol. The van der Waals surface area contributed by atoms with Crippen LogP contribution < -0.4 is 10.1 Å². The second-order valence-corrected chi connectivity index (χ2v) is 9.81. The second-order valence-electron chi connectivity index (χ2n) is 7.63. The van der Waals surface area contributed by atoms with Gasteiger partial charge in [0.15, 0.2) is 0 Å². The maximum Gasteiger partial charge on any atom is 0.325 e. The van der Waals surface area contributed by atoms with Gasteiger partial charge >= 0.3 is 7.60 Å². The van der Waals surface area contributed by atoms with Crippen molar-refractivity contribution in [1.29, 1.82) is 0 Å². The first-order valence-corrected chi connectivity index (χ1v) is 12.7. The van der Waals surface area contributed by atoms with Gasteiger partial charge in [-0.05, 0) is 60.7 Å². The molecule has 30 heavy (non-hydrogen) atoms. The van der Waals surface area contributed by atoms with Crippen LogP contribution in [-0.2, 0) is 11.1 Å². The summed E-state index contributed by atoms with van der Waals surface area (Å²) in [5, 5.41) is 3.85. The molecule has 0 bridgehead atoms. The van der Waals surface area contributed by atoms with E-state index in [1.165, 1.54) is 19.3 Å². The third-order valence-corrected chi connectivity index (χ3v) is 6.07. The van der Waals surface area contributed by atoms with E-state index in [0.29, 0.717) is 31.1 Å². The third kappa shape index (κ3) is 8.79. The standard InChI is InChI=1S/C23H33ClNO4P/c1-3-4-5-6-13-29-23-18(2)15-21(16-22(23)24)20-10-8-19(9-11-20)17-25-12-7-14-30(26,27)28/h8-11,15-16,25H,3-7,12-14,17H2,1-2H3,(H2,26,27,28). The van der Waals surface area contributed by atoms with Gasteiger partial charge in [-0.2, -0.15) is 0 Å². The molecule has 7 heteroatoms. The molecule has 0 spiro atoms. The van der Waals surface area contributed by atoms with Crippen LogP contribution in [0.5, 0.6) is 5.75 Å².